The molecule has 144 valence electrons. The number of nitrogens with one attached hydrogen (secondary N) is 2. The molecule has 26 heavy (non-hydrogen) atoms. The lowest BCUT2D eigenvalue weighted by atomic mass is 9.96. The van der Waals surface area contributed by atoms with Crippen LogP contribution < -0.4 is 14.8 Å². The van der Waals surface area contributed by atoms with Gasteiger partial charge in [0.1, 0.15) is 11.8 Å². The van der Waals surface area contributed by atoms with Crippen LogP contribution >= 0.6 is 0 Å². The summed E-state index contributed by atoms with van der Waals surface area (Å²) >= 11 is 0. The van der Waals surface area contributed by atoms with E-state index in [4.69, 9.17) is 9.26 Å². The fourth-order valence-electron chi connectivity index (χ4n) is 2.13. The molecule has 9 heteroatoms. The Morgan fingerprint density at radius 2 is 2.00 bits per heavy atom. The summed E-state index contributed by atoms with van der Waals surface area (Å²) in [4.78, 5) is 4.43. The fourth-order valence-corrected chi connectivity index (χ4v) is 2.78. The summed E-state index contributed by atoms with van der Waals surface area (Å²) in [5.41, 5.74) is 0.938. The first kappa shape index (κ1) is 20.0. The van der Waals surface area contributed by atoms with E-state index in [1.165, 1.54) is 7.11 Å². The predicted molar refractivity (Wildman–Crippen MR) is 101 cm³/mol. The van der Waals surface area contributed by atoms with Crippen LogP contribution in [-0.2, 0) is 15.4 Å². The van der Waals surface area contributed by atoms with Crippen LogP contribution in [0, 0.1) is 0 Å². The number of aromatic nitrogens is 2. The number of nitrogens with zero attached hydrogens (tertiary/aromatic N) is 2. The summed E-state index contributed by atoms with van der Waals surface area (Å²) in [6, 6.07) is 4.90. The topological polar surface area (TPSA) is 106 Å². The molecule has 0 fully saturated rings. The SMILES string of the molecule is CCS(=O)(=O)Nc1ccc(NC(C)c2nc(C(C)(C)C)no2)cc1OC. The molecule has 1 aromatic heterocycles. The average Bonchev–Trinajstić information content (AvgIpc) is 3.06. The Balaban J connectivity index is 2.18. The fraction of sp³-hybridized carbons (Fsp3) is 0.529. The van der Waals surface area contributed by atoms with Gasteiger partial charge in [0, 0.05) is 17.2 Å². The highest BCUT2D eigenvalue weighted by atomic mass is 32.2. The summed E-state index contributed by atoms with van der Waals surface area (Å²) in [5, 5.41) is 7.27. The first-order valence-electron chi connectivity index (χ1n) is 8.35. The summed E-state index contributed by atoms with van der Waals surface area (Å²) in [6.07, 6.45) is 0. The van der Waals surface area contributed by atoms with E-state index in [1.54, 1.807) is 25.1 Å². The van der Waals surface area contributed by atoms with Crippen LogP contribution in [0.15, 0.2) is 22.7 Å². The Hall–Kier alpha value is -2.29. The maximum atomic E-state index is 11.8. The number of hydrogen-bond donors (Lipinski definition) is 2. The molecule has 2 N–H and O–H groups in total. The van der Waals surface area contributed by atoms with Crippen LogP contribution in [0.25, 0.3) is 0 Å². The third kappa shape index (κ3) is 4.87. The van der Waals surface area contributed by atoms with E-state index in [1.807, 2.05) is 27.7 Å². The number of methoxy groups -OCH3 is 1. The molecule has 1 heterocycles. The Kier molecular flexibility index (Phi) is 5.80. The molecule has 0 radical (unpaired) electrons. The molecule has 1 unspecified atom stereocenters. The van der Waals surface area contributed by atoms with Crippen molar-refractivity contribution >= 4 is 21.4 Å². The number of anilines is 2. The summed E-state index contributed by atoms with van der Waals surface area (Å²) in [5.74, 6) is 1.52. The van der Waals surface area contributed by atoms with Crippen LogP contribution in [0.3, 0.4) is 0 Å². The minimum absolute atomic E-state index is 0.0134. The van der Waals surface area contributed by atoms with Crippen molar-refractivity contribution in [2.24, 2.45) is 0 Å². The van der Waals surface area contributed by atoms with Gasteiger partial charge in [-0.3, -0.25) is 4.72 Å². The largest absolute Gasteiger partial charge is 0.494 e. The molecule has 0 saturated heterocycles. The van der Waals surface area contributed by atoms with E-state index in [-0.39, 0.29) is 17.2 Å². The van der Waals surface area contributed by atoms with Crippen molar-refractivity contribution in [2.75, 3.05) is 22.9 Å². The van der Waals surface area contributed by atoms with E-state index in [0.717, 1.165) is 5.69 Å². The lowest BCUT2D eigenvalue weighted by Gasteiger charge is -2.15. The van der Waals surface area contributed by atoms with Gasteiger partial charge < -0.3 is 14.6 Å². The van der Waals surface area contributed by atoms with E-state index < -0.39 is 10.0 Å². The van der Waals surface area contributed by atoms with Crippen molar-refractivity contribution in [3.05, 3.63) is 29.9 Å². The predicted octanol–water partition coefficient (Wildman–Crippen LogP) is 3.31. The van der Waals surface area contributed by atoms with Gasteiger partial charge in [0.2, 0.25) is 15.9 Å². The summed E-state index contributed by atoms with van der Waals surface area (Å²) < 4.78 is 36.6. The van der Waals surface area contributed by atoms with Crippen molar-refractivity contribution in [2.45, 2.75) is 46.1 Å². The standard InChI is InChI=1S/C17H26N4O4S/c1-7-26(22,23)21-13-9-8-12(10-14(13)24-6)18-11(2)15-19-16(20-25-15)17(3,4)5/h8-11,18,21H,7H2,1-6H3. The van der Waals surface area contributed by atoms with E-state index in [2.05, 4.69) is 20.2 Å². The second-order valence-corrected chi connectivity index (χ2v) is 9.00. The first-order chi connectivity index (χ1) is 12.1. The van der Waals surface area contributed by atoms with Gasteiger partial charge in [0.15, 0.2) is 5.82 Å². The van der Waals surface area contributed by atoms with Crippen molar-refractivity contribution < 1.29 is 17.7 Å². The summed E-state index contributed by atoms with van der Waals surface area (Å²) in [6.45, 7) is 9.52. The molecule has 1 aromatic carbocycles. The molecule has 0 bridgehead atoms. The maximum absolute atomic E-state index is 11.8. The molecule has 1 atom stereocenters. The normalized spacial score (nSPS) is 13.3. The number of hydrogen-bond acceptors (Lipinski definition) is 7. The highest BCUT2D eigenvalue weighted by Crippen LogP contribution is 2.30. The third-order valence-corrected chi connectivity index (χ3v) is 5.00. The Labute approximate surface area is 154 Å². The van der Waals surface area contributed by atoms with Crippen LogP contribution in [0.2, 0.25) is 0 Å². The van der Waals surface area contributed by atoms with Crippen molar-refractivity contribution in [1.29, 1.82) is 0 Å². The second kappa shape index (κ2) is 7.53. The molecule has 0 aliphatic heterocycles. The zero-order chi connectivity index (χ0) is 19.5. The highest BCUT2D eigenvalue weighted by molar-refractivity contribution is 7.92. The zero-order valence-electron chi connectivity index (χ0n) is 16.0. The quantitative estimate of drug-likeness (QED) is 0.756. The number of sulfonamides is 1. The van der Waals surface area contributed by atoms with E-state index in [9.17, 15) is 8.42 Å². The number of ether oxygens (including phenoxy) is 1. The van der Waals surface area contributed by atoms with Crippen LogP contribution in [0.5, 0.6) is 5.75 Å². The van der Waals surface area contributed by atoms with Gasteiger partial charge in [-0.15, -0.1) is 0 Å². The van der Waals surface area contributed by atoms with Crippen molar-refractivity contribution in [3.8, 4) is 5.75 Å². The lowest BCUT2D eigenvalue weighted by molar-refractivity contribution is 0.354. The minimum atomic E-state index is -3.38. The Bertz CT molecular complexity index is 856. The van der Waals surface area contributed by atoms with E-state index >= 15 is 0 Å². The molecule has 0 aliphatic carbocycles. The van der Waals surface area contributed by atoms with Crippen LogP contribution in [0.4, 0.5) is 11.4 Å². The Morgan fingerprint density at radius 1 is 1.31 bits per heavy atom. The highest BCUT2D eigenvalue weighted by Gasteiger charge is 2.23. The van der Waals surface area contributed by atoms with Crippen molar-refractivity contribution in [1.82, 2.24) is 10.1 Å². The van der Waals surface area contributed by atoms with Gasteiger partial charge in [-0.05, 0) is 26.0 Å². The molecule has 8 nitrogen and oxygen atoms in total. The molecule has 2 rings (SSSR count). The third-order valence-electron chi connectivity index (χ3n) is 3.71. The molecular weight excluding hydrogens is 356 g/mol. The van der Waals surface area contributed by atoms with Gasteiger partial charge in [0.25, 0.3) is 0 Å². The molecule has 0 saturated carbocycles. The monoisotopic (exact) mass is 382 g/mol. The molecule has 0 aliphatic rings. The molecule has 0 amide bonds. The summed E-state index contributed by atoms with van der Waals surface area (Å²) in [7, 11) is -1.89. The second-order valence-electron chi connectivity index (χ2n) is 6.99. The molecular formula is C17H26N4O4S. The average molecular weight is 382 g/mol. The smallest absolute Gasteiger partial charge is 0.248 e. The lowest BCUT2D eigenvalue weighted by Crippen LogP contribution is -2.15. The van der Waals surface area contributed by atoms with Gasteiger partial charge in [-0.25, -0.2) is 8.42 Å². The molecule has 2 aromatic rings. The van der Waals surface area contributed by atoms with E-state index in [0.29, 0.717) is 23.2 Å². The van der Waals surface area contributed by atoms with Gasteiger partial charge in [-0.2, -0.15) is 4.98 Å². The number of rotatable bonds is 7. The van der Waals surface area contributed by atoms with Gasteiger partial charge in [-0.1, -0.05) is 25.9 Å². The van der Waals surface area contributed by atoms with Crippen LogP contribution in [0.1, 0.15) is 52.4 Å². The van der Waals surface area contributed by atoms with Crippen molar-refractivity contribution in [3.63, 3.8) is 0 Å². The number of benzene rings is 1. The van der Waals surface area contributed by atoms with Gasteiger partial charge in [0.05, 0.1) is 18.6 Å². The molecule has 0 spiro atoms. The Morgan fingerprint density at radius 3 is 2.54 bits per heavy atom. The zero-order valence-corrected chi connectivity index (χ0v) is 16.8. The maximum Gasteiger partial charge on any atom is 0.248 e. The van der Waals surface area contributed by atoms with Gasteiger partial charge >= 0.3 is 0 Å². The van der Waals surface area contributed by atoms with Crippen LogP contribution in [-0.4, -0.2) is 31.4 Å². The minimum Gasteiger partial charge on any atom is -0.494 e. The first-order valence-corrected chi connectivity index (χ1v) is 10.00.